The molecule has 0 spiro atoms. The van der Waals surface area contributed by atoms with Crippen molar-refractivity contribution in [2.45, 2.75) is 0 Å². The van der Waals surface area contributed by atoms with E-state index < -0.39 is 0 Å². The lowest BCUT2D eigenvalue weighted by Crippen LogP contribution is -1.43. The molecule has 0 aliphatic carbocycles. The second-order valence-electron chi connectivity index (χ2n) is 1.70. The van der Waals surface area contributed by atoms with Crippen LogP contribution in [-0.2, 0) is 0 Å². The molecule has 2 rings (SSSR count). The van der Waals surface area contributed by atoms with E-state index in [1.165, 1.54) is 4.70 Å². The van der Waals surface area contributed by atoms with Gasteiger partial charge in [0.05, 0.1) is 9.17 Å². The fraction of sp³-hybridized carbons (Fsp3) is 0. The molecule has 2 heterocycles. The van der Waals surface area contributed by atoms with E-state index in [0.29, 0.717) is 0 Å². The van der Waals surface area contributed by atoms with Crippen LogP contribution in [0, 0.1) is 0 Å². The smallest absolute Gasteiger partial charge is 0.145 e. The van der Waals surface area contributed by atoms with Crippen molar-refractivity contribution in [3.05, 3.63) is 22.2 Å². The van der Waals surface area contributed by atoms with Gasteiger partial charge in [-0.05, 0) is 27.4 Å². The molecule has 2 aromatic heterocycles. The molecule has 0 radical (unpaired) electrons. The highest BCUT2D eigenvalue weighted by atomic mass is 79.9. The first-order valence-electron chi connectivity index (χ1n) is 2.48. The lowest BCUT2D eigenvalue weighted by atomic mass is 10.5. The van der Waals surface area contributed by atoms with Crippen molar-refractivity contribution in [1.82, 2.24) is 0 Å². The lowest BCUT2D eigenvalue weighted by Gasteiger charge is -1.70. The third kappa shape index (κ3) is 0.721. The second kappa shape index (κ2) is 1.85. The van der Waals surface area contributed by atoms with Crippen LogP contribution in [0.15, 0.2) is 26.6 Å². The Bertz CT molecular complexity index is 322. The Morgan fingerprint density at radius 3 is 3.22 bits per heavy atom. The zero-order chi connectivity index (χ0) is 6.27. The zero-order valence-electron chi connectivity index (χ0n) is 4.43. The molecule has 0 atom stereocenters. The molecular weight excluding hydrogens is 200 g/mol. The van der Waals surface area contributed by atoms with Crippen LogP contribution >= 0.6 is 27.3 Å². The van der Waals surface area contributed by atoms with E-state index in [4.69, 9.17) is 4.42 Å². The van der Waals surface area contributed by atoms with Gasteiger partial charge >= 0.3 is 0 Å². The monoisotopic (exact) mass is 202 g/mol. The van der Waals surface area contributed by atoms with Gasteiger partial charge in [-0.2, -0.15) is 0 Å². The van der Waals surface area contributed by atoms with Gasteiger partial charge in [0.2, 0.25) is 0 Å². The molecular formula is C6H3BrOS. The topological polar surface area (TPSA) is 13.1 Å². The van der Waals surface area contributed by atoms with E-state index in [0.717, 1.165) is 10.1 Å². The van der Waals surface area contributed by atoms with Crippen LogP contribution in [-0.4, -0.2) is 0 Å². The normalized spacial score (nSPS) is 10.8. The van der Waals surface area contributed by atoms with Gasteiger partial charge in [-0.25, -0.2) is 0 Å². The maximum Gasteiger partial charge on any atom is 0.145 e. The summed E-state index contributed by atoms with van der Waals surface area (Å²) in [5.74, 6) is 0. The number of thiophene rings is 1. The highest BCUT2D eigenvalue weighted by Crippen LogP contribution is 2.30. The van der Waals surface area contributed by atoms with Gasteiger partial charge < -0.3 is 4.42 Å². The van der Waals surface area contributed by atoms with Crippen LogP contribution in [0.3, 0.4) is 0 Å². The van der Waals surface area contributed by atoms with E-state index >= 15 is 0 Å². The van der Waals surface area contributed by atoms with E-state index in [2.05, 4.69) is 15.9 Å². The average Bonchev–Trinajstić information content (AvgIpc) is 2.35. The van der Waals surface area contributed by atoms with E-state index in [1.807, 2.05) is 11.4 Å². The zero-order valence-corrected chi connectivity index (χ0v) is 6.83. The number of halogens is 1. The Balaban J connectivity index is 2.99. The Labute approximate surface area is 64.4 Å². The molecule has 46 valence electrons. The Morgan fingerprint density at radius 2 is 2.44 bits per heavy atom. The number of furan rings is 1. The maximum atomic E-state index is 5.15. The number of hydrogen-bond acceptors (Lipinski definition) is 2. The number of rotatable bonds is 0. The van der Waals surface area contributed by atoms with Crippen LogP contribution in [0.1, 0.15) is 0 Å². The summed E-state index contributed by atoms with van der Waals surface area (Å²) in [6.45, 7) is 0. The van der Waals surface area contributed by atoms with Crippen molar-refractivity contribution in [1.29, 1.82) is 0 Å². The molecule has 1 nitrogen and oxygen atoms in total. The fourth-order valence-corrected chi connectivity index (χ4v) is 2.02. The van der Waals surface area contributed by atoms with Crippen molar-refractivity contribution >= 4 is 37.5 Å². The predicted octanol–water partition coefficient (Wildman–Crippen LogP) is 3.26. The summed E-state index contributed by atoms with van der Waals surface area (Å²) in [4.78, 5) is 0. The van der Waals surface area contributed by atoms with Crippen LogP contribution in [0.25, 0.3) is 10.3 Å². The van der Waals surface area contributed by atoms with Gasteiger partial charge in [0.25, 0.3) is 0 Å². The minimum Gasteiger partial charge on any atom is -0.462 e. The maximum absolute atomic E-state index is 5.15. The van der Waals surface area contributed by atoms with Gasteiger partial charge in [0.15, 0.2) is 0 Å². The molecule has 0 bridgehead atoms. The highest BCUT2D eigenvalue weighted by Gasteiger charge is 2.01. The van der Waals surface area contributed by atoms with Crippen molar-refractivity contribution in [2.75, 3.05) is 0 Å². The molecule has 2 aromatic rings. The third-order valence-electron chi connectivity index (χ3n) is 1.14. The van der Waals surface area contributed by atoms with Crippen molar-refractivity contribution in [2.24, 2.45) is 0 Å². The lowest BCUT2D eigenvalue weighted by molar-refractivity contribution is 0.614. The largest absolute Gasteiger partial charge is 0.462 e. The fourth-order valence-electron chi connectivity index (χ4n) is 0.733. The first kappa shape index (κ1) is 5.50. The molecule has 0 amide bonds. The van der Waals surface area contributed by atoms with Gasteiger partial charge in [0.1, 0.15) is 11.8 Å². The average molecular weight is 203 g/mol. The molecule has 0 saturated heterocycles. The molecule has 3 heteroatoms. The number of fused-ring (bicyclic) bond motifs is 1. The van der Waals surface area contributed by atoms with E-state index in [-0.39, 0.29) is 0 Å². The molecule has 9 heavy (non-hydrogen) atoms. The third-order valence-corrected chi connectivity index (χ3v) is 2.91. The summed E-state index contributed by atoms with van der Waals surface area (Å²) in [5.41, 5.74) is 0.965. The molecule has 0 aliphatic heterocycles. The molecule has 0 aromatic carbocycles. The van der Waals surface area contributed by atoms with Crippen molar-refractivity contribution in [3.63, 3.8) is 0 Å². The quantitative estimate of drug-likeness (QED) is 0.640. The minimum absolute atomic E-state index is 0.965. The SMILES string of the molecule is Brc1coc2ccsc12. The predicted molar refractivity (Wildman–Crippen MR) is 41.8 cm³/mol. The van der Waals surface area contributed by atoms with Gasteiger partial charge in [-0.15, -0.1) is 11.3 Å². The molecule has 0 N–H and O–H groups in total. The summed E-state index contributed by atoms with van der Waals surface area (Å²) < 4.78 is 7.39. The Kier molecular flexibility index (Phi) is 1.13. The van der Waals surface area contributed by atoms with Gasteiger partial charge in [-0.1, -0.05) is 0 Å². The van der Waals surface area contributed by atoms with Gasteiger partial charge in [0, 0.05) is 0 Å². The van der Waals surface area contributed by atoms with Crippen molar-refractivity contribution < 1.29 is 4.42 Å². The van der Waals surface area contributed by atoms with Crippen LogP contribution < -0.4 is 0 Å². The Morgan fingerprint density at radius 1 is 1.56 bits per heavy atom. The molecule has 0 aliphatic rings. The second-order valence-corrected chi connectivity index (χ2v) is 3.47. The summed E-state index contributed by atoms with van der Waals surface area (Å²) >= 11 is 5.04. The summed E-state index contributed by atoms with van der Waals surface area (Å²) in [6, 6.07) is 1.96. The first-order valence-corrected chi connectivity index (χ1v) is 4.15. The first-order chi connectivity index (χ1) is 4.38. The number of hydrogen-bond donors (Lipinski definition) is 0. The van der Waals surface area contributed by atoms with Crippen molar-refractivity contribution in [3.8, 4) is 0 Å². The molecule has 0 saturated carbocycles. The van der Waals surface area contributed by atoms with Crippen LogP contribution in [0.4, 0.5) is 0 Å². The minimum atomic E-state index is 0.965. The van der Waals surface area contributed by atoms with Crippen LogP contribution in [0.5, 0.6) is 0 Å². The molecule has 0 fully saturated rings. The van der Waals surface area contributed by atoms with E-state index in [1.54, 1.807) is 17.6 Å². The standard InChI is InChI=1S/C6H3BrOS/c7-4-3-8-5-1-2-9-6(4)5/h1-3H. The summed E-state index contributed by atoms with van der Waals surface area (Å²) in [6.07, 6.45) is 1.71. The highest BCUT2D eigenvalue weighted by molar-refractivity contribution is 9.10. The van der Waals surface area contributed by atoms with Crippen LogP contribution in [0.2, 0.25) is 0 Å². The Hall–Kier alpha value is -0.280. The summed E-state index contributed by atoms with van der Waals surface area (Å²) in [5, 5.41) is 2.01. The summed E-state index contributed by atoms with van der Waals surface area (Å²) in [7, 11) is 0. The molecule has 0 unspecified atom stereocenters. The van der Waals surface area contributed by atoms with Gasteiger partial charge in [-0.3, -0.25) is 0 Å². The van der Waals surface area contributed by atoms with E-state index in [9.17, 15) is 0 Å².